The van der Waals surface area contributed by atoms with Crippen LogP contribution in [0.2, 0.25) is 5.02 Å². The normalized spacial score (nSPS) is 15.4. The van der Waals surface area contributed by atoms with Crippen molar-refractivity contribution < 1.29 is 17.9 Å². The molecule has 4 rings (SSSR count). The van der Waals surface area contributed by atoms with E-state index in [4.69, 9.17) is 16.3 Å². The monoisotopic (exact) mass is 558 g/mol. The Labute approximate surface area is 228 Å². The molecule has 6 nitrogen and oxygen atoms in total. The van der Waals surface area contributed by atoms with Crippen LogP contribution in [0.4, 0.5) is 0 Å². The highest BCUT2D eigenvalue weighted by molar-refractivity contribution is 7.89. The average Bonchev–Trinajstić information content (AvgIpc) is 3.44. The van der Waals surface area contributed by atoms with Gasteiger partial charge >= 0.3 is 0 Å². The topological polar surface area (TPSA) is 66.9 Å². The Morgan fingerprint density at radius 2 is 1.81 bits per heavy atom. The van der Waals surface area contributed by atoms with Gasteiger partial charge in [0.25, 0.3) is 0 Å². The molecule has 1 aliphatic rings. The van der Waals surface area contributed by atoms with Crippen molar-refractivity contribution in [1.29, 1.82) is 0 Å². The lowest BCUT2D eigenvalue weighted by Gasteiger charge is -2.36. The highest BCUT2D eigenvalue weighted by Crippen LogP contribution is 2.24. The van der Waals surface area contributed by atoms with E-state index in [2.05, 4.69) is 4.90 Å². The Bertz CT molecular complexity index is 1280. The molecule has 1 saturated heterocycles. The quantitative estimate of drug-likeness (QED) is 0.168. The molecule has 0 unspecified atom stereocenters. The standard InChI is InChI=1S/C28H31ClN2O4S2/c1-30(37(33,34)27-12-7-23(29)8-13-27)24-15-18-31(19-16-24)17-3-20-35-25-9-5-22(6-10-25)28(32)14-11-26-4-2-21-36-26/h2,4-14,21,24H,3,15-20H2,1H3/b14-11+. The minimum atomic E-state index is -3.53. The summed E-state index contributed by atoms with van der Waals surface area (Å²) < 4.78 is 33.2. The highest BCUT2D eigenvalue weighted by Gasteiger charge is 2.30. The highest BCUT2D eigenvalue weighted by atomic mass is 35.5. The summed E-state index contributed by atoms with van der Waals surface area (Å²) in [6.07, 6.45) is 5.88. The molecule has 0 radical (unpaired) electrons. The van der Waals surface area contributed by atoms with Crippen LogP contribution >= 0.6 is 22.9 Å². The lowest BCUT2D eigenvalue weighted by Crippen LogP contribution is -2.45. The van der Waals surface area contributed by atoms with E-state index in [1.54, 1.807) is 60.9 Å². The number of piperidine rings is 1. The third-order valence-corrected chi connectivity index (χ3v) is 9.54. The molecule has 196 valence electrons. The van der Waals surface area contributed by atoms with E-state index >= 15 is 0 Å². The number of thiophene rings is 1. The van der Waals surface area contributed by atoms with Gasteiger partial charge < -0.3 is 9.64 Å². The van der Waals surface area contributed by atoms with Crippen LogP contribution in [0.1, 0.15) is 34.5 Å². The van der Waals surface area contributed by atoms with Gasteiger partial charge in [0.05, 0.1) is 11.5 Å². The van der Waals surface area contributed by atoms with Crippen molar-refractivity contribution in [3.05, 3.63) is 87.6 Å². The predicted molar refractivity (Wildman–Crippen MR) is 150 cm³/mol. The van der Waals surface area contributed by atoms with Gasteiger partial charge in [-0.3, -0.25) is 4.79 Å². The number of hydrogen-bond acceptors (Lipinski definition) is 6. The van der Waals surface area contributed by atoms with Gasteiger partial charge in [-0.25, -0.2) is 8.42 Å². The van der Waals surface area contributed by atoms with Crippen molar-refractivity contribution in [2.24, 2.45) is 0 Å². The van der Waals surface area contributed by atoms with Crippen molar-refractivity contribution >= 4 is 44.8 Å². The summed E-state index contributed by atoms with van der Waals surface area (Å²) in [5, 5.41) is 2.50. The number of ketones is 1. The first-order valence-electron chi connectivity index (χ1n) is 12.3. The first-order chi connectivity index (χ1) is 17.8. The molecular formula is C28H31ClN2O4S2. The molecule has 1 aromatic heterocycles. The molecule has 2 aromatic carbocycles. The number of carbonyl (C=O) groups is 1. The maximum atomic E-state index is 12.9. The number of sulfonamides is 1. The Kier molecular flexibility index (Phi) is 9.56. The van der Waals surface area contributed by atoms with Gasteiger partial charge in [-0.2, -0.15) is 4.31 Å². The van der Waals surface area contributed by atoms with E-state index in [9.17, 15) is 13.2 Å². The van der Waals surface area contributed by atoms with E-state index in [1.807, 2.05) is 35.7 Å². The largest absolute Gasteiger partial charge is 0.494 e. The molecule has 0 atom stereocenters. The van der Waals surface area contributed by atoms with Gasteiger partial charge in [0, 0.05) is 35.1 Å². The van der Waals surface area contributed by atoms with Crippen LogP contribution < -0.4 is 4.74 Å². The summed E-state index contributed by atoms with van der Waals surface area (Å²) in [6.45, 7) is 3.17. The summed E-state index contributed by atoms with van der Waals surface area (Å²) in [6, 6.07) is 17.5. The van der Waals surface area contributed by atoms with Crippen molar-refractivity contribution in [2.45, 2.75) is 30.2 Å². The summed E-state index contributed by atoms with van der Waals surface area (Å²) in [4.78, 5) is 16.0. The number of likely N-dealkylation sites (tertiary alicyclic amines) is 1. The molecule has 3 aromatic rings. The fourth-order valence-electron chi connectivity index (χ4n) is 4.31. The lowest BCUT2D eigenvalue weighted by atomic mass is 10.1. The summed E-state index contributed by atoms with van der Waals surface area (Å²) in [5.74, 6) is 0.710. The van der Waals surface area contributed by atoms with Gasteiger partial charge in [0.1, 0.15) is 5.75 Å². The van der Waals surface area contributed by atoms with E-state index in [1.165, 1.54) is 4.31 Å². The van der Waals surface area contributed by atoms with Crippen LogP contribution in [0.25, 0.3) is 6.08 Å². The molecule has 0 aliphatic carbocycles. The number of carbonyl (C=O) groups excluding carboxylic acids is 1. The van der Waals surface area contributed by atoms with E-state index < -0.39 is 10.0 Å². The van der Waals surface area contributed by atoms with Gasteiger partial charge in [0.15, 0.2) is 5.78 Å². The fourth-order valence-corrected chi connectivity index (χ4v) is 6.47. The fraction of sp³-hybridized carbons (Fsp3) is 0.321. The molecule has 0 bridgehead atoms. The van der Waals surface area contributed by atoms with E-state index in [0.29, 0.717) is 17.2 Å². The number of halogens is 1. The van der Waals surface area contributed by atoms with Gasteiger partial charge in [0.2, 0.25) is 10.0 Å². The molecule has 1 fully saturated rings. The van der Waals surface area contributed by atoms with Crippen LogP contribution in [0, 0.1) is 0 Å². The maximum Gasteiger partial charge on any atom is 0.243 e. The zero-order chi connectivity index (χ0) is 26.3. The van der Waals surface area contributed by atoms with Crippen LogP contribution in [-0.2, 0) is 10.0 Å². The third kappa shape index (κ3) is 7.52. The first-order valence-corrected chi connectivity index (χ1v) is 15.0. The van der Waals surface area contributed by atoms with Crippen molar-refractivity contribution in [2.75, 3.05) is 33.3 Å². The molecule has 9 heteroatoms. The van der Waals surface area contributed by atoms with Gasteiger partial charge in [-0.15, -0.1) is 11.3 Å². The number of allylic oxidation sites excluding steroid dienone is 1. The summed E-state index contributed by atoms with van der Waals surface area (Å²) in [7, 11) is -1.87. The number of nitrogens with zero attached hydrogens (tertiary/aromatic N) is 2. The Balaban J connectivity index is 1.16. The number of ether oxygens (including phenoxy) is 1. The molecule has 0 N–H and O–H groups in total. The average molecular weight is 559 g/mol. The minimum absolute atomic E-state index is 0.0189. The molecule has 0 spiro atoms. The third-order valence-electron chi connectivity index (χ3n) is 6.53. The van der Waals surface area contributed by atoms with Crippen molar-refractivity contribution in [3.8, 4) is 5.75 Å². The molecule has 2 heterocycles. The zero-order valence-electron chi connectivity index (χ0n) is 20.8. The number of hydrogen-bond donors (Lipinski definition) is 0. The molecule has 1 aliphatic heterocycles. The number of benzene rings is 2. The van der Waals surface area contributed by atoms with Crippen LogP contribution in [-0.4, -0.2) is 62.7 Å². The number of rotatable bonds is 11. The molecule has 0 saturated carbocycles. The Morgan fingerprint density at radius 1 is 1.11 bits per heavy atom. The first kappa shape index (κ1) is 27.5. The van der Waals surface area contributed by atoms with Crippen molar-refractivity contribution in [1.82, 2.24) is 9.21 Å². The molecular weight excluding hydrogens is 528 g/mol. The predicted octanol–water partition coefficient (Wildman–Crippen LogP) is 5.85. The maximum absolute atomic E-state index is 12.9. The Hall–Kier alpha value is -2.49. The zero-order valence-corrected chi connectivity index (χ0v) is 23.1. The van der Waals surface area contributed by atoms with Crippen LogP contribution in [0.3, 0.4) is 0 Å². The van der Waals surface area contributed by atoms with Gasteiger partial charge in [-0.05, 0) is 104 Å². The van der Waals surface area contributed by atoms with E-state index in [0.717, 1.165) is 49.5 Å². The van der Waals surface area contributed by atoms with Crippen LogP contribution in [0.5, 0.6) is 5.75 Å². The molecule has 37 heavy (non-hydrogen) atoms. The second-order valence-corrected chi connectivity index (χ2v) is 12.4. The van der Waals surface area contributed by atoms with E-state index in [-0.39, 0.29) is 16.7 Å². The second-order valence-electron chi connectivity index (χ2n) is 8.99. The SMILES string of the molecule is CN(C1CCN(CCCOc2ccc(C(=O)/C=C/c3cccs3)cc2)CC1)S(=O)(=O)c1ccc(Cl)cc1. The molecule has 0 amide bonds. The van der Waals surface area contributed by atoms with Crippen LogP contribution in [0.15, 0.2) is 77.0 Å². The van der Waals surface area contributed by atoms with Crippen molar-refractivity contribution in [3.63, 3.8) is 0 Å². The summed E-state index contributed by atoms with van der Waals surface area (Å²) in [5.41, 5.74) is 0.631. The smallest absolute Gasteiger partial charge is 0.243 e. The second kappa shape index (κ2) is 12.8. The summed E-state index contributed by atoms with van der Waals surface area (Å²) >= 11 is 7.49. The Morgan fingerprint density at radius 3 is 2.46 bits per heavy atom. The lowest BCUT2D eigenvalue weighted by molar-refractivity contribution is 0.104. The minimum Gasteiger partial charge on any atom is -0.494 e. The van der Waals surface area contributed by atoms with Gasteiger partial charge in [-0.1, -0.05) is 17.7 Å².